The second-order valence-electron chi connectivity index (χ2n) is 5.45. The Morgan fingerprint density at radius 3 is 2.60 bits per heavy atom. The number of nitrogens with one attached hydrogen (secondary N) is 1. The molecule has 0 spiro atoms. The van der Waals surface area contributed by atoms with Crippen LogP contribution in [0.1, 0.15) is 33.5 Å². The molecule has 1 aromatic carbocycles. The van der Waals surface area contributed by atoms with Gasteiger partial charge in [0.25, 0.3) is 5.91 Å². The Bertz CT molecular complexity index is 776. The van der Waals surface area contributed by atoms with Crippen LogP contribution in [-0.4, -0.2) is 41.7 Å². The third kappa shape index (κ3) is 4.94. The zero-order valence-electron chi connectivity index (χ0n) is 14.3. The van der Waals surface area contributed by atoms with Crippen LogP contribution in [0.2, 0.25) is 0 Å². The van der Waals surface area contributed by atoms with Gasteiger partial charge in [-0.05, 0) is 38.1 Å². The van der Waals surface area contributed by atoms with Gasteiger partial charge in [-0.3, -0.25) is 4.79 Å². The molecule has 1 aromatic heterocycles. The van der Waals surface area contributed by atoms with Gasteiger partial charge < -0.3 is 19.9 Å². The molecule has 25 heavy (non-hydrogen) atoms. The third-order valence-corrected chi connectivity index (χ3v) is 3.48. The van der Waals surface area contributed by atoms with Gasteiger partial charge >= 0.3 is 5.97 Å². The molecule has 0 saturated carbocycles. The maximum absolute atomic E-state index is 12.1. The second kappa shape index (κ2) is 8.14. The Hall–Kier alpha value is -3.09. The Morgan fingerprint density at radius 1 is 1.24 bits per heavy atom. The van der Waals surface area contributed by atoms with Crippen LogP contribution in [0.5, 0.6) is 11.5 Å². The number of pyridine rings is 1. The van der Waals surface area contributed by atoms with E-state index in [0.29, 0.717) is 17.2 Å². The average Bonchev–Trinajstić information content (AvgIpc) is 2.59. The predicted molar refractivity (Wildman–Crippen MR) is 91.4 cm³/mol. The number of amides is 1. The SMILES string of the molecule is COc1cccc(OC(C)CNC(=O)c2ccc(C(=O)O)c(C)n2)c1. The summed E-state index contributed by atoms with van der Waals surface area (Å²) in [6.07, 6.45) is -0.268. The molecule has 2 rings (SSSR count). The maximum Gasteiger partial charge on any atom is 0.337 e. The number of hydrogen-bond donors (Lipinski definition) is 2. The number of methoxy groups -OCH3 is 1. The summed E-state index contributed by atoms with van der Waals surface area (Å²) in [5, 5.41) is 11.7. The highest BCUT2D eigenvalue weighted by molar-refractivity contribution is 5.94. The normalized spacial score (nSPS) is 11.5. The monoisotopic (exact) mass is 344 g/mol. The van der Waals surface area contributed by atoms with Crippen molar-refractivity contribution < 1.29 is 24.2 Å². The summed E-state index contributed by atoms with van der Waals surface area (Å²) in [4.78, 5) is 27.1. The molecule has 0 radical (unpaired) electrons. The molecule has 0 fully saturated rings. The highest BCUT2D eigenvalue weighted by Crippen LogP contribution is 2.19. The number of ether oxygens (including phenoxy) is 2. The minimum Gasteiger partial charge on any atom is -0.497 e. The molecule has 2 N–H and O–H groups in total. The number of carboxylic acid groups (broad SMARTS) is 1. The third-order valence-electron chi connectivity index (χ3n) is 3.48. The molecule has 1 amide bonds. The van der Waals surface area contributed by atoms with Crippen molar-refractivity contribution >= 4 is 11.9 Å². The van der Waals surface area contributed by atoms with E-state index in [1.807, 2.05) is 19.1 Å². The van der Waals surface area contributed by atoms with Gasteiger partial charge in [0, 0.05) is 6.07 Å². The first-order chi connectivity index (χ1) is 11.9. The molecule has 7 heteroatoms. The van der Waals surface area contributed by atoms with E-state index in [1.54, 1.807) is 26.2 Å². The standard InChI is InChI=1S/C18H20N2O5/c1-11(25-14-6-4-5-13(9-14)24-3)10-19-17(21)16-8-7-15(18(22)23)12(2)20-16/h4-9,11H,10H2,1-3H3,(H,19,21)(H,22,23). The van der Waals surface area contributed by atoms with Crippen molar-refractivity contribution in [3.8, 4) is 11.5 Å². The zero-order chi connectivity index (χ0) is 18.4. The van der Waals surface area contributed by atoms with Crippen molar-refractivity contribution in [2.24, 2.45) is 0 Å². The highest BCUT2D eigenvalue weighted by Gasteiger charge is 2.14. The van der Waals surface area contributed by atoms with Crippen LogP contribution in [0, 0.1) is 6.92 Å². The molecule has 0 saturated heterocycles. The second-order valence-corrected chi connectivity index (χ2v) is 5.45. The number of carbonyl (C=O) groups excluding carboxylic acids is 1. The van der Waals surface area contributed by atoms with Crippen LogP contribution in [0.25, 0.3) is 0 Å². The van der Waals surface area contributed by atoms with Gasteiger partial charge in [0.1, 0.15) is 23.3 Å². The Kier molecular flexibility index (Phi) is 5.94. The van der Waals surface area contributed by atoms with Crippen LogP contribution in [-0.2, 0) is 0 Å². The van der Waals surface area contributed by atoms with Crippen molar-refractivity contribution in [2.45, 2.75) is 20.0 Å². The van der Waals surface area contributed by atoms with Gasteiger partial charge in [0.15, 0.2) is 0 Å². The van der Waals surface area contributed by atoms with Crippen LogP contribution < -0.4 is 14.8 Å². The summed E-state index contributed by atoms with van der Waals surface area (Å²) in [5.74, 6) is -0.133. The molecular formula is C18H20N2O5. The lowest BCUT2D eigenvalue weighted by atomic mass is 10.2. The molecule has 0 aliphatic heterocycles. The lowest BCUT2D eigenvalue weighted by Gasteiger charge is -2.16. The van der Waals surface area contributed by atoms with E-state index < -0.39 is 5.97 Å². The van der Waals surface area contributed by atoms with Crippen LogP contribution in [0.15, 0.2) is 36.4 Å². The van der Waals surface area contributed by atoms with Crippen molar-refractivity contribution in [3.05, 3.63) is 53.3 Å². The molecule has 132 valence electrons. The number of carbonyl (C=O) groups is 2. The zero-order valence-corrected chi connectivity index (χ0v) is 14.3. The lowest BCUT2D eigenvalue weighted by Crippen LogP contribution is -2.34. The van der Waals surface area contributed by atoms with Gasteiger partial charge in [-0.25, -0.2) is 9.78 Å². The molecule has 1 heterocycles. The summed E-state index contributed by atoms with van der Waals surface area (Å²) >= 11 is 0. The van der Waals surface area contributed by atoms with E-state index >= 15 is 0 Å². The van der Waals surface area contributed by atoms with E-state index in [-0.39, 0.29) is 29.8 Å². The Balaban J connectivity index is 1.92. The van der Waals surface area contributed by atoms with E-state index in [9.17, 15) is 9.59 Å². The Labute approximate surface area is 145 Å². The fourth-order valence-electron chi connectivity index (χ4n) is 2.19. The van der Waals surface area contributed by atoms with Gasteiger partial charge in [-0.2, -0.15) is 0 Å². The molecular weight excluding hydrogens is 324 g/mol. The minimum atomic E-state index is -1.07. The number of carboxylic acids is 1. The molecule has 0 bridgehead atoms. The fraction of sp³-hybridized carbons (Fsp3) is 0.278. The average molecular weight is 344 g/mol. The maximum atomic E-state index is 12.1. The van der Waals surface area contributed by atoms with Gasteiger partial charge in [0.05, 0.1) is 24.9 Å². The first kappa shape index (κ1) is 18.3. The first-order valence-corrected chi connectivity index (χ1v) is 7.70. The minimum absolute atomic E-state index is 0.0753. The number of nitrogens with zero attached hydrogens (tertiary/aromatic N) is 1. The molecule has 1 atom stereocenters. The number of benzene rings is 1. The van der Waals surface area contributed by atoms with Crippen LogP contribution >= 0.6 is 0 Å². The molecule has 2 aromatic rings. The number of aromatic nitrogens is 1. The first-order valence-electron chi connectivity index (χ1n) is 7.70. The van der Waals surface area contributed by atoms with Gasteiger partial charge in [-0.15, -0.1) is 0 Å². The fourth-order valence-corrected chi connectivity index (χ4v) is 2.19. The van der Waals surface area contributed by atoms with Crippen molar-refractivity contribution in [1.82, 2.24) is 10.3 Å². The predicted octanol–water partition coefficient (Wildman–Crippen LogP) is 2.29. The van der Waals surface area contributed by atoms with Crippen LogP contribution in [0.3, 0.4) is 0 Å². The summed E-state index contributed by atoms with van der Waals surface area (Å²) in [6, 6.07) is 9.95. The van der Waals surface area contributed by atoms with E-state index in [1.165, 1.54) is 12.1 Å². The largest absolute Gasteiger partial charge is 0.497 e. The van der Waals surface area contributed by atoms with Gasteiger partial charge in [0.2, 0.25) is 0 Å². The van der Waals surface area contributed by atoms with Crippen molar-refractivity contribution in [3.63, 3.8) is 0 Å². The highest BCUT2D eigenvalue weighted by atomic mass is 16.5. The quantitative estimate of drug-likeness (QED) is 0.800. The Morgan fingerprint density at radius 2 is 1.96 bits per heavy atom. The van der Waals surface area contributed by atoms with E-state index in [2.05, 4.69) is 10.3 Å². The topological polar surface area (TPSA) is 97.8 Å². The van der Waals surface area contributed by atoms with Crippen molar-refractivity contribution in [1.29, 1.82) is 0 Å². The number of aryl methyl sites for hydroxylation is 1. The molecule has 7 nitrogen and oxygen atoms in total. The molecule has 0 aliphatic carbocycles. The summed E-state index contributed by atoms with van der Waals surface area (Å²) in [6.45, 7) is 3.65. The number of rotatable bonds is 7. The summed E-state index contributed by atoms with van der Waals surface area (Å²) in [7, 11) is 1.58. The van der Waals surface area contributed by atoms with E-state index in [0.717, 1.165) is 0 Å². The summed E-state index contributed by atoms with van der Waals surface area (Å²) in [5.41, 5.74) is 0.531. The molecule has 1 unspecified atom stereocenters. The van der Waals surface area contributed by atoms with Crippen molar-refractivity contribution in [2.75, 3.05) is 13.7 Å². The van der Waals surface area contributed by atoms with E-state index in [4.69, 9.17) is 14.6 Å². The molecule has 0 aliphatic rings. The lowest BCUT2D eigenvalue weighted by molar-refractivity contribution is 0.0694. The van der Waals surface area contributed by atoms with Crippen LogP contribution in [0.4, 0.5) is 0 Å². The van der Waals surface area contributed by atoms with Gasteiger partial charge in [-0.1, -0.05) is 6.07 Å². The smallest absolute Gasteiger partial charge is 0.337 e. The summed E-state index contributed by atoms with van der Waals surface area (Å²) < 4.78 is 10.9. The number of aromatic carboxylic acids is 1. The number of hydrogen-bond acceptors (Lipinski definition) is 5.